The first-order valence-electron chi connectivity index (χ1n) is 6.51. The zero-order valence-corrected chi connectivity index (χ0v) is 12.0. The molecule has 5 heteroatoms. The van der Waals surface area contributed by atoms with Gasteiger partial charge in [0.1, 0.15) is 0 Å². The van der Waals surface area contributed by atoms with Crippen LogP contribution in [0.5, 0.6) is 0 Å². The fraction of sp³-hybridized carbons (Fsp3) is 0.333. The van der Waals surface area contributed by atoms with Crippen LogP contribution >= 0.6 is 0 Å². The first-order valence-corrected chi connectivity index (χ1v) is 6.51. The third-order valence-electron chi connectivity index (χ3n) is 3.34. The Kier molecular flexibility index (Phi) is 4.20. The number of carbonyl (C=O) groups excluding carboxylic acids is 2. The average Bonchev–Trinajstić information content (AvgIpc) is 2.36. The monoisotopic (exact) mass is 273 g/mol. The van der Waals surface area contributed by atoms with Gasteiger partial charge in [-0.15, -0.1) is 0 Å². The fourth-order valence-electron chi connectivity index (χ4n) is 1.85. The number of nitrogens with one attached hydrogen (secondary N) is 2. The summed E-state index contributed by atoms with van der Waals surface area (Å²) in [6, 6.07) is 6.91. The second-order valence-corrected chi connectivity index (χ2v) is 5.06. The summed E-state index contributed by atoms with van der Waals surface area (Å²) in [5.41, 5.74) is 3.20. The highest BCUT2D eigenvalue weighted by molar-refractivity contribution is 6.04. The Morgan fingerprint density at radius 2 is 1.75 bits per heavy atom. The molecule has 0 unspecified atom stereocenters. The number of hydrogen-bond donors (Lipinski definition) is 2. The molecule has 2 amide bonds. The predicted octanol–water partition coefficient (Wildman–Crippen LogP) is 1.25. The highest BCUT2D eigenvalue weighted by Gasteiger charge is 2.16. The molecule has 0 aromatic heterocycles. The van der Waals surface area contributed by atoms with E-state index in [9.17, 15) is 9.59 Å². The first-order chi connectivity index (χ1) is 9.49. The molecule has 1 aromatic carbocycles. The van der Waals surface area contributed by atoms with Crippen molar-refractivity contribution in [1.29, 1.82) is 0 Å². The maximum absolute atomic E-state index is 12.0. The third-order valence-corrected chi connectivity index (χ3v) is 3.34. The van der Waals surface area contributed by atoms with E-state index >= 15 is 0 Å². The van der Waals surface area contributed by atoms with Gasteiger partial charge in [-0.05, 0) is 36.8 Å². The molecule has 0 radical (unpaired) electrons. The number of nitrogens with zero attached hydrogens (tertiary/aromatic N) is 1. The summed E-state index contributed by atoms with van der Waals surface area (Å²) in [7, 11) is 3.42. The summed E-state index contributed by atoms with van der Waals surface area (Å²) in [6.45, 7) is 3.40. The summed E-state index contributed by atoms with van der Waals surface area (Å²) < 4.78 is 0. The lowest BCUT2D eigenvalue weighted by molar-refractivity contribution is -0.112. The third kappa shape index (κ3) is 3.05. The summed E-state index contributed by atoms with van der Waals surface area (Å²) in [5, 5.41) is 5.95. The molecule has 0 saturated carbocycles. The molecule has 0 aliphatic carbocycles. The average molecular weight is 273 g/mol. The molecule has 1 fully saturated rings. The highest BCUT2D eigenvalue weighted by Crippen LogP contribution is 2.14. The van der Waals surface area contributed by atoms with E-state index in [0.29, 0.717) is 11.3 Å². The van der Waals surface area contributed by atoms with E-state index in [4.69, 9.17) is 0 Å². The number of benzene rings is 1. The van der Waals surface area contributed by atoms with Crippen molar-refractivity contribution >= 4 is 17.5 Å². The van der Waals surface area contributed by atoms with Crippen molar-refractivity contribution in [2.75, 3.05) is 32.5 Å². The van der Waals surface area contributed by atoms with Gasteiger partial charge < -0.3 is 15.5 Å². The minimum atomic E-state index is -0.0896. The number of carbonyl (C=O) groups is 2. The number of rotatable bonds is 3. The van der Waals surface area contributed by atoms with Crippen LogP contribution in [0.4, 0.5) is 5.69 Å². The molecule has 1 heterocycles. The van der Waals surface area contributed by atoms with Gasteiger partial charge in [0.05, 0.1) is 0 Å². The minimum absolute atomic E-state index is 0.0540. The molecule has 1 aromatic rings. The molecule has 0 atom stereocenters. The Bertz CT molecular complexity index is 553. The molecule has 2 N–H and O–H groups in total. The summed E-state index contributed by atoms with van der Waals surface area (Å²) >= 11 is 0. The van der Waals surface area contributed by atoms with E-state index in [1.165, 1.54) is 4.90 Å². The van der Waals surface area contributed by atoms with Gasteiger partial charge in [-0.1, -0.05) is 0 Å². The van der Waals surface area contributed by atoms with Crippen LogP contribution in [0, 0.1) is 0 Å². The zero-order valence-electron chi connectivity index (χ0n) is 12.0. The van der Waals surface area contributed by atoms with Crippen LogP contribution in [0.1, 0.15) is 17.3 Å². The lowest BCUT2D eigenvalue weighted by Gasteiger charge is -2.21. The fourth-order valence-corrected chi connectivity index (χ4v) is 1.85. The second kappa shape index (κ2) is 5.88. The van der Waals surface area contributed by atoms with Gasteiger partial charge >= 0.3 is 0 Å². The quantitative estimate of drug-likeness (QED) is 0.815. The lowest BCUT2D eigenvalue weighted by atomic mass is 10.0. The first kappa shape index (κ1) is 14.3. The number of anilines is 1. The summed E-state index contributed by atoms with van der Waals surface area (Å²) in [6.07, 6.45) is 0. The van der Waals surface area contributed by atoms with Gasteiger partial charge in [-0.2, -0.15) is 0 Å². The van der Waals surface area contributed by atoms with Crippen molar-refractivity contribution in [2.24, 2.45) is 0 Å². The largest absolute Gasteiger partial charge is 0.345 e. The molecule has 5 nitrogen and oxygen atoms in total. The Morgan fingerprint density at radius 3 is 2.20 bits per heavy atom. The van der Waals surface area contributed by atoms with E-state index in [1.807, 2.05) is 6.92 Å². The summed E-state index contributed by atoms with van der Waals surface area (Å²) in [4.78, 5) is 25.3. The van der Waals surface area contributed by atoms with Crippen molar-refractivity contribution in [3.8, 4) is 0 Å². The van der Waals surface area contributed by atoms with E-state index in [2.05, 4.69) is 10.6 Å². The van der Waals surface area contributed by atoms with Crippen LogP contribution in [-0.4, -0.2) is 43.9 Å². The Hall–Kier alpha value is -2.14. The predicted molar refractivity (Wildman–Crippen MR) is 78.7 cm³/mol. The van der Waals surface area contributed by atoms with E-state index in [-0.39, 0.29) is 11.8 Å². The van der Waals surface area contributed by atoms with E-state index in [1.54, 1.807) is 38.4 Å². The number of hydrogen-bond acceptors (Lipinski definition) is 3. The van der Waals surface area contributed by atoms with Crippen LogP contribution in [0.25, 0.3) is 0 Å². The SMILES string of the molecule is CC(C(=O)Nc1ccc(C(=O)N(C)C)cc1)=C1CNC1. The normalized spacial score (nSPS) is 13.4. The van der Waals surface area contributed by atoms with Gasteiger partial charge in [0.25, 0.3) is 11.8 Å². The van der Waals surface area contributed by atoms with E-state index in [0.717, 1.165) is 24.2 Å². The van der Waals surface area contributed by atoms with Crippen LogP contribution in [0.3, 0.4) is 0 Å². The topological polar surface area (TPSA) is 61.4 Å². The maximum atomic E-state index is 12.0. The molecule has 106 valence electrons. The second-order valence-electron chi connectivity index (χ2n) is 5.06. The van der Waals surface area contributed by atoms with Crippen LogP contribution in [0.2, 0.25) is 0 Å². The van der Waals surface area contributed by atoms with Crippen LogP contribution in [-0.2, 0) is 4.79 Å². The smallest absolute Gasteiger partial charge is 0.253 e. The van der Waals surface area contributed by atoms with Crippen molar-refractivity contribution in [3.63, 3.8) is 0 Å². The lowest BCUT2D eigenvalue weighted by Crippen LogP contribution is -2.36. The van der Waals surface area contributed by atoms with Crippen molar-refractivity contribution in [1.82, 2.24) is 10.2 Å². The molecule has 20 heavy (non-hydrogen) atoms. The molecular formula is C15H19N3O2. The highest BCUT2D eigenvalue weighted by atomic mass is 16.2. The van der Waals surface area contributed by atoms with Gasteiger partial charge in [0.2, 0.25) is 0 Å². The number of amides is 2. The molecule has 0 spiro atoms. The molecule has 1 aliphatic rings. The van der Waals surface area contributed by atoms with Gasteiger partial charge in [0.15, 0.2) is 0 Å². The van der Waals surface area contributed by atoms with Crippen LogP contribution < -0.4 is 10.6 Å². The van der Waals surface area contributed by atoms with Gasteiger partial charge in [-0.25, -0.2) is 0 Å². The van der Waals surface area contributed by atoms with E-state index < -0.39 is 0 Å². The Morgan fingerprint density at radius 1 is 1.15 bits per heavy atom. The molecule has 1 saturated heterocycles. The van der Waals surface area contributed by atoms with Gasteiger partial charge in [-0.3, -0.25) is 9.59 Å². The van der Waals surface area contributed by atoms with Gasteiger partial charge in [0, 0.05) is 44.0 Å². The van der Waals surface area contributed by atoms with Crippen LogP contribution in [0.15, 0.2) is 35.4 Å². The van der Waals surface area contributed by atoms with Crippen molar-refractivity contribution < 1.29 is 9.59 Å². The van der Waals surface area contributed by atoms with Crippen molar-refractivity contribution in [2.45, 2.75) is 6.92 Å². The standard InChI is InChI=1S/C15H19N3O2/c1-10(12-8-16-9-12)14(19)17-13-6-4-11(5-7-13)15(20)18(2)3/h4-7,16H,8-9H2,1-3H3,(H,17,19). The van der Waals surface area contributed by atoms with Crippen molar-refractivity contribution in [3.05, 3.63) is 41.0 Å². The maximum Gasteiger partial charge on any atom is 0.253 e. The molecule has 0 bridgehead atoms. The molecular weight excluding hydrogens is 254 g/mol. The molecule has 1 aliphatic heterocycles. The summed E-state index contributed by atoms with van der Waals surface area (Å²) in [5.74, 6) is -0.144. The zero-order chi connectivity index (χ0) is 14.7. The Balaban J connectivity index is 2.04. The minimum Gasteiger partial charge on any atom is -0.345 e. The molecule has 2 rings (SSSR count). The Labute approximate surface area is 118 Å².